The zero-order valence-electron chi connectivity index (χ0n) is 25.9. The molecular formula is C35H46N8O. The van der Waals surface area contributed by atoms with Crippen LogP contribution in [0.25, 0.3) is 21.8 Å². The van der Waals surface area contributed by atoms with Gasteiger partial charge in [-0.05, 0) is 62.4 Å². The number of pyridine rings is 2. The van der Waals surface area contributed by atoms with Crippen LogP contribution < -0.4 is 10.6 Å². The maximum atomic E-state index is 12.4. The molecular weight excluding hydrogens is 548 g/mol. The summed E-state index contributed by atoms with van der Waals surface area (Å²) in [6, 6.07) is 15.6. The monoisotopic (exact) mass is 594 g/mol. The van der Waals surface area contributed by atoms with Crippen LogP contribution in [0.4, 0.5) is 0 Å². The van der Waals surface area contributed by atoms with Gasteiger partial charge in [0.05, 0.1) is 29.5 Å². The van der Waals surface area contributed by atoms with Crippen molar-refractivity contribution in [2.75, 3.05) is 65.4 Å². The lowest BCUT2D eigenvalue weighted by atomic mass is 9.90. The SMILES string of the molecule is O=C1CNCCN1CCCn1c2ccccc2c2ccnc(CN(CCCN3CCNCC3)[C@H]3CCCc4cccnc43)c21. The van der Waals surface area contributed by atoms with Gasteiger partial charge < -0.3 is 25.0 Å². The smallest absolute Gasteiger partial charge is 0.236 e. The van der Waals surface area contributed by atoms with Gasteiger partial charge in [0.15, 0.2) is 0 Å². The van der Waals surface area contributed by atoms with Crippen LogP contribution in [0.15, 0.2) is 54.9 Å². The molecule has 1 amide bonds. The van der Waals surface area contributed by atoms with Crippen LogP contribution >= 0.6 is 0 Å². The number of aromatic nitrogens is 3. The fourth-order valence-electron chi connectivity index (χ4n) is 7.63. The number of fused-ring (bicyclic) bond motifs is 4. The van der Waals surface area contributed by atoms with Crippen LogP contribution in [0.1, 0.15) is 48.7 Å². The highest BCUT2D eigenvalue weighted by Gasteiger charge is 2.29. The van der Waals surface area contributed by atoms with Crippen LogP contribution in [0, 0.1) is 0 Å². The standard InChI is InChI=1S/C35H46N8O/c44-33-25-37-17-24-41(33)19-6-21-43-31-10-2-1-9-28(31)29-12-14-38-30(35(29)43)26-42(20-5-18-40-22-15-36-16-23-40)32-11-3-7-27-8-4-13-39-34(27)32/h1-2,4,8-10,12-14,32,36-37H,3,5-7,11,15-26H2/t32-/m0/s1. The third kappa shape index (κ3) is 6.24. The molecule has 1 aromatic carbocycles. The topological polar surface area (TPSA) is 81.6 Å². The van der Waals surface area contributed by atoms with Crippen molar-refractivity contribution in [1.29, 1.82) is 0 Å². The van der Waals surface area contributed by atoms with Gasteiger partial charge in [0, 0.05) is 94.1 Å². The normalized spacial score (nSPS) is 19.7. The van der Waals surface area contributed by atoms with E-state index in [9.17, 15) is 4.79 Å². The lowest BCUT2D eigenvalue weighted by Crippen LogP contribution is -2.48. The zero-order valence-corrected chi connectivity index (χ0v) is 25.9. The molecule has 2 saturated heterocycles. The Morgan fingerprint density at radius 2 is 1.75 bits per heavy atom. The molecule has 1 atom stereocenters. The van der Waals surface area contributed by atoms with Crippen LogP contribution in [0.2, 0.25) is 0 Å². The summed E-state index contributed by atoms with van der Waals surface area (Å²) in [6.07, 6.45) is 9.47. The molecule has 3 aromatic heterocycles. The summed E-state index contributed by atoms with van der Waals surface area (Å²) < 4.78 is 2.48. The van der Waals surface area contributed by atoms with Gasteiger partial charge in [-0.2, -0.15) is 0 Å². The third-order valence-corrected chi connectivity index (χ3v) is 9.84. The fourth-order valence-corrected chi connectivity index (χ4v) is 7.63. The fraction of sp³-hybridized carbons (Fsp3) is 0.514. The molecule has 1 aliphatic carbocycles. The lowest BCUT2D eigenvalue weighted by Gasteiger charge is -2.36. The van der Waals surface area contributed by atoms with E-state index in [2.05, 4.69) is 67.5 Å². The molecule has 9 heteroatoms. The lowest BCUT2D eigenvalue weighted by molar-refractivity contribution is -0.131. The summed E-state index contributed by atoms with van der Waals surface area (Å²) in [7, 11) is 0. The molecule has 0 bridgehead atoms. The number of aryl methyl sites for hydroxylation is 2. The summed E-state index contributed by atoms with van der Waals surface area (Å²) in [5.41, 5.74) is 6.29. The molecule has 2 aliphatic heterocycles. The molecule has 0 spiro atoms. The third-order valence-electron chi connectivity index (χ3n) is 9.84. The Bertz CT molecular complexity index is 1580. The number of rotatable bonds is 11. The van der Waals surface area contributed by atoms with E-state index in [1.54, 1.807) is 0 Å². The average Bonchev–Trinajstić information content (AvgIpc) is 3.40. The van der Waals surface area contributed by atoms with Gasteiger partial charge in [0.2, 0.25) is 5.91 Å². The Hall–Kier alpha value is -3.37. The van der Waals surface area contributed by atoms with Crippen LogP contribution in [-0.4, -0.2) is 101 Å². The first-order chi connectivity index (χ1) is 21.8. The molecule has 0 unspecified atom stereocenters. The van der Waals surface area contributed by atoms with Crippen LogP contribution in [-0.2, 0) is 24.3 Å². The number of carbonyl (C=O) groups excluding carboxylic acids is 1. The number of nitrogens with zero attached hydrogens (tertiary/aromatic N) is 6. The summed E-state index contributed by atoms with van der Waals surface area (Å²) >= 11 is 0. The minimum Gasteiger partial charge on any atom is -0.340 e. The average molecular weight is 595 g/mol. The van der Waals surface area contributed by atoms with Crippen molar-refractivity contribution in [3.8, 4) is 0 Å². The predicted molar refractivity (Wildman–Crippen MR) is 176 cm³/mol. The van der Waals surface area contributed by atoms with Gasteiger partial charge >= 0.3 is 0 Å². The number of carbonyl (C=O) groups is 1. The number of benzene rings is 1. The molecule has 0 saturated carbocycles. The highest BCUT2D eigenvalue weighted by atomic mass is 16.2. The van der Waals surface area contributed by atoms with E-state index in [1.807, 2.05) is 17.3 Å². The van der Waals surface area contributed by atoms with Gasteiger partial charge in [-0.15, -0.1) is 0 Å². The maximum absolute atomic E-state index is 12.4. The van der Waals surface area contributed by atoms with Crippen LogP contribution in [0.3, 0.4) is 0 Å². The molecule has 4 aromatic rings. The largest absolute Gasteiger partial charge is 0.340 e. The summed E-state index contributed by atoms with van der Waals surface area (Å²) in [5, 5.41) is 9.22. The van der Waals surface area contributed by atoms with E-state index >= 15 is 0 Å². The van der Waals surface area contributed by atoms with Crippen molar-refractivity contribution >= 4 is 27.7 Å². The minimum atomic E-state index is 0.207. The van der Waals surface area contributed by atoms with Gasteiger partial charge in [-0.25, -0.2) is 0 Å². The number of nitrogens with one attached hydrogen (secondary N) is 2. The molecule has 2 N–H and O–H groups in total. The quantitative estimate of drug-likeness (QED) is 0.275. The van der Waals surface area contributed by atoms with Crippen molar-refractivity contribution in [2.24, 2.45) is 0 Å². The molecule has 9 nitrogen and oxygen atoms in total. The Kier molecular flexibility index (Phi) is 9.16. The summed E-state index contributed by atoms with van der Waals surface area (Å²) in [4.78, 5) is 29.8. The second-order valence-corrected chi connectivity index (χ2v) is 12.6. The first kappa shape index (κ1) is 29.3. The number of amides is 1. The van der Waals surface area contributed by atoms with Crippen molar-refractivity contribution < 1.29 is 4.79 Å². The Labute approximate surface area is 260 Å². The first-order valence-corrected chi connectivity index (χ1v) is 16.7. The Balaban J connectivity index is 1.19. The van der Waals surface area contributed by atoms with E-state index in [-0.39, 0.29) is 5.91 Å². The molecule has 5 heterocycles. The maximum Gasteiger partial charge on any atom is 0.236 e. The second kappa shape index (κ2) is 13.7. The first-order valence-electron chi connectivity index (χ1n) is 16.7. The number of para-hydroxylation sites is 1. The zero-order chi connectivity index (χ0) is 29.7. The van der Waals surface area contributed by atoms with Crippen molar-refractivity contribution in [3.63, 3.8) is 0 Å². The molecule has 0 radical (unpaired) electrons. The van der Waals surface area contributed by atoms with E-state index in [0.29, 0.717) is 12.6 Å². The van der Waals surface area contributed by atoms with E-state index in [0.717, 1.165) is 103 Å². The molecule has 3 aliphatic rings. The van der Waals surface area contributed by atoms with Gasteiger partial charge in [0.1, 0.15) is 0 Å². The van der Waals surface area contributed by atoms with E-state index in [1.165, 1.54) is 39.5 Å². The summed E-state index contributed by atoms with van der Waals surface area (Å²) in [6.45, 7) is 11.1. The van der Waals surface area contributed by atoms with E-state index < -0.39 is 0 Å². The Morgan fingerprint density at radius 3 is 2.66 bits per heavy atom. The van der Waals surface area contributed by atoms with E-state index in [4.69, 9.17) is 9.97 Å². The van der Waals surface area contributed by atoms with Crippen LogP contribution in [0.5, 0.6) is 0 Å². The van der Waals surface area contributed by atoms with Crippen molar-refractivity contribution in [1.82, 2.24) is 39.9 Å². The minimum absolute atomic E-state index is 0.207. The number of hydrogen-bond donors (Lipinski definition) is 2. The summed E-state index contributed by atoms with van der Waals surface area (Å²) in [5.74, 6) is 0.207. The number of piperazine rings is 2. The van der Waals surface area contributed by atoms with Gasteiger partial charge in [-0.1, -0.05) is 24.3 Å². The molecule has 2 fully saturated rings. The highest BCUT2D eigenvalue weighted by molar-refractivity contribution is 6.08. The van der Waals surface area contributed by atoms with Gasteiger partial charge in [-0.3, -0.25) is 19.7 Å². The molecule has 7 rings (SSSR count). The van der Waals surface area contributed by atoms with Crippen molar-refractivity contribution in [3.05, 3.63) is 71.8 Å². The second-order valence-electron chi connectivity index (χ2n) is 12.6. The van der Waals surface area contributed by atoms with Gasteiger partial charge in [0.25, 0.3) is 0 Å². The highest BCUT2D eigenvalue weighted by Crippen LogP contribution is 2.36. The molecule has 232 valence electrons. The predicted octanol–water partition coefficient (Wildman–Crippen LogP) is 3.58. The Morgan fingerprint density at radius 1 is 0.864 bits per heavy atom. The van der Waals surface area contributed by atoms with Crippen molar-refractivity contribution in [2.45, 2.75) is 51.2 Å². The number of hydrogen-bond acceptors (Lipinski definition) is 7. The molecule has 44 heavy (non-hydrogen) atoms.